The van der Waals surface area contributed by atoms with Gasteiger partial charge in [0.2, 0.25) is 6.04 Å². The van der Waals surface area contributed by atoms with Crippen LogP contribution in [-0.4, -0.2) is 21.7 Å². The number of carbonyl (C=O) groups excluding carboxylic acids is 1. The van der Waals surface area contributed by atoms with Crippen molar-refractivity contribution in [2.75, 3.05) is 0 Å². The Morgan fingerprint density at radius 3 is 2.58 bits per heavy atom. The molecule has 0 radical (unpaired) electrons. The number of hydrogen-bond acceptors (Lipinski definition) is 5. The van der Waals surface area contributed by atoms with E-state index in [1.54, 1.807) is 6.07 Å². The minimum absolute atomic E-state index is 0.0328. The number of nitrogens with zero attached hydrogens (tertiary/aromatic N) is 2. The van der Waals surface area contributed by atoms with Crippen molar-refractivity contribution in [1.29, 1.82) is 0 Å². The van der Waals surface area contributed by atoms with E-state index in [4.69, 9.17) is 0 Å². The zero-order valence-corrected chi connectivity index (χ0v) is 10.0. The molecule has 7 heteroatoms. The highest BCUT2D eigenvalue weighted by Crippen LogP contribution is 2.34. The van der Waals surface area contributed by atoms with E-state index in [1.165, 1.54) is 18.2 Å². The van der Waals surface area contributed by atoms with Crippen LogP contribution in [0.4, 0.5) is 5.69 Å². The predicted octanol–water partition coefficient (Wildman–Crippen LogP) is 2.08. The highest BCUT2D eigenvalue weighted by Gasteiger charge is 2.38. The van der Waals surface area contributed by atoms with Crippen molar-refractivity contribution in [3.8, 4) is 0 Å². The van der Waals surface area contributed by atoms with Crippen LogP contribution in [0.25, 0.3) is 0 Å². The lowest BCUT2D eigenvalue weighted by molar-refractivity contribution is -0.528. The Kier molecular flexibility index (Phi) is 3.55. The lowest BCUT2D eigenvalue weighted by atomic mass is 9.79. The summed E-state index contributed by atoms with van der Waals surface area (Å²) in [5.74, 6) is -0.606. The average Bonchev–Trinajstić information content (AvgIpc) is 2.38. The van der Waals surface area contributed by atoms with E-state index in [2.05, 4.69) is 0 Å². The van der Waals surface area contributed by atoms with Gasteiger partial charge in [-0.05, 0) is 5.56 Å². The van der Waals surface area contributed by atoms with Crippen LogP contribution in [0.2, 0.25) is 0 Å². The Bertz CT molecular complexity index is 543. The molecule has 1 saturated carbocycles. The maximum absolute atomic E-state index is 11.5. The van der Waals surface area contributed by atoms with Crippen molar-refractivity contribution in [3.05, 3.63) is 50.1 Å². The van der Waals surface area contributed by atoms with Crippen molar-refractivity contribution in [2.45, 2.75) is 31.2 Å². The number of non-ortho nitro benzene ring substituents is 1. The lowest BCUT2D eigenvalue weighted by Gasteiger charge is -2.24. The fourth-order valence-corrected chi connectivity index (χ4v) is 2.45. The van der Waals surface area contributed by atoms with Gasteiger partial charge in [0, 0.05) is 36.3 Å². The summed E-state index contributed by atoms with van der Waals surface area (Å²) in [6.07, 6.45) is 0.475. The minimum Gasteiger partial charge on any atom is -0.300 e. The fourth-order valence-electron chi connectivity index (χ4n) is 2.45. The van der Waals surface area contributed by atoms with E-state index < -0.39 is 21.8 Å². The largest absolute Gasteiger partial charge is 0.300 e. The van der Waals surface area contributed by atoms with Crippen LogP contribution in [0, 0.1) is 20.2 Å². The summed E-state index contributed by atoms with van der Waals surface area (Å²) in [4.78, 5) is 32.3. The third kappa shape index (κ3) is 2.75. The standard InChI is InChI=1S/C12H12N2O5/c15-10-4-5-12(14(18)19)11(7-10)8-2-1-3-9(6-8)13(16)17/h1-3,6,11-12H,4-5,7H2/t11-,12-/m1/s1. The van der Waals surface area contributed by atoms with Gasteiger partial charge >= 0.3 is 0 Å². The number of rotatable bonds is 3. The summed E-state index contributed by atoms with van der Waals surface area (Å²) in [5.41, 5.74) is 0.376. The Morgan fingerprint density at radius 2 is 1.95 bits per heavy atom. The first-order chi connectivity index (χ1) is 8.99. The lowest BCUT2D eigenvalue weighted by Crippen LogP contribution is -2.34. The molecule has 1 aliphatic rings. The van der Waals surface area contributed by atoms with Crippen LogP contribution < -0.4 is 0 Å². The number of ketones is 1. The van der Waals surface area contributed by atoms with E-state index in [1.807, 2.05) is 0 Å². The maximum Gasteiger partial charge on any atom is 0.269 e. The van der Waals surface area contributed by atoms with Crippen LogP contribution in [0.1, 0.15) is 30.7 Å². The maximum atomic E-state index is 11.5. The molecule has 0 bridgehead atoms. The van der Waals surface area contributed by atoms with Gasteiger partial charge in [-0.25, -0.2) is 0 Å². The molecular weight excluding hydrogens is 252 g/mol. The third-order valence-corrected chi connectivity index (χ3v) is 3.41. The van der Waals surface area contributed by atoms with Crippen molar-refractivity contribution in [1.82, 2.24) is 0 Å². The minimum atomic E-state index is -0.847. The van der Waals surface area contributed by atoms with E-state index in [-0.39, 0.29) is 30.7 Å². The van der Waals surface area contributed by atoms with Crippen molar-refractivity contribution >= 4 is 11.5 Å². The first-order valence-electron chi connectivity index (χ1n) is 5.88. The summed E-state index contributed by atoms with van der Waals surface area (Å²) in [6, 6.07) is 4.89. The number of benzene rings is 1. The van der Waals surface area contributed by atoms with E-state index in [0.717, 1.165) is 0 Å². The molecule has 1 fully saturated rings. The van der Waals surface area contributed by atoms with Crippen molar-refractivity contribution < 1.29 is 14.6 Å². The molecule has 2 rings (SSSR count). The Balaban J connectivity index is 2.36. The van der Waals surface area contributed by atoms with Gasteiger partial charge in [0.15, 0.2) is 0 Å². The molecule has 0 spiro atoms. The fraction of sp³-hybridized carbons (Fsp3) is 0.417. The molecule has 0 amide bonds. The number of nitro benzene ring substituents is 1. The second-order valence-electron chi connectivity index (χ2n) is 4.59. The summed E-state index contributed by atoms with van der Waals surface area (Å²) >= 11 is 0. The van der Waals surface area contributed by atoms with Crippen molar-refractivity contribution in [2.24, 2.45) is 0 Å². The second-order valence-corrected chi connectivity index (χ2v) is 4.59. The van der Waals surface area contributed by atoms with E-state index in [9.17, 15) is 25.0 Å². The highest BCUT2D eigenvalue weighted by atomic mass is 16.6. The average molecular weight is 264 g/mol. The SMILES string of the molecule is O=C1CC[C@@H]([N+](=O)[O-])[C@@H](c2cccc([N+](=O)[O-])c2)C1. The van der Waals surface area contributed by atoms with Gasteiger partial charge in [-0.2, -0.15) is 0 Å². The van der Waals surface area contributed by atoms with Crippen LogP contribution in [0.15, 0.2) is 24.3 Å². The molecule has 0 saturated heterocycles. The number of carbonyl (C=O) groups is 1. The molecule has 0 unspecified atom stereocenters. The monoisotopic (exact) mass is 264 g/mol. The molecule has 0 heterocycles. The Morgan fingerprint density at radius 1 is 1.21 bits per heavy atom. The van der Waals surface area contributed by atoms with Crippen LogP contribution in [0.5, 0.6) is 0 Å². The molecule has 0 aliphatic heterocycles. The van der Waals surface area contributed by atoms with Gasteiger partial charge in [0.25, 0.3) is 5.69 Å². The first kappa shape index (κ1) is 13.1. The van der Waals surface area contributed by atoms with Gasteiger partial charge in [-0.1, -0.05) is 12.1 Å². The van der Waals surface area contributed by atoms with Crippen molar-refractivity contribution in [3.63, 3.8) is 0 Å². The van der Waals surface area contributed by atoms with Gasteiger partial charge in [0.05, 0.1) is 10.8 Å². The Hall–Kier alpha value is -2.31. The summed E-state index contributed by atoms with van der Waals surface area (Å²) in [6.45, 7) is 0. The van der Waals surface area contributed by atoms with Gasteiger partial charge in [-0.3, -0.25) is 25.0 Å². The van der Waals surface area contributed by atoms with Crippen LogP contribution in [0.3, 0.4) is 0 Å². The van der Waals surface area contributed by atoms with Gasteiger partial charge in [0.1, 0.15) is 5.78 Å². The molecule has 0 N–H and O–H groups in total. The van der Waals surface area contributed by atoms with Gasteiger partial charge in [-0.15, -0.1) is 0 Å². The normalized spacial score (nSPS) is 23.1. The zero-order valence-electron chi connectivity index (χ0n) is 10.0. The van der Waals surface area contributed by atoms with E-state index in [0.29, 0.717) is 5.56 Å². The van der Waals surface area contributed by atoms with Crippen LogP contribution >= 0.6 is 0 Å². The molecular formula is C12H12N2O5. The summed E-state index contributed by atoms with van der Waals surface area (Å²) < 4.78 is 0. The summed E-state index contributed by atoms with van der Waals surface area (Å²) in [5, 5.41) is 21.7. The molecule has 100 valence electrons. The zero-order chi connectivity index (χ0) is 14.0. The number of hydrogen-bond donors (Lipinski definition) is 0. The highest BCUT2D eigenvalue weighted by molar-refractivity contribution is 5.80. The topological polar surface area (TPSA) is 103 Å². The molecule has 1 aliphatic carbocycles. The van der Waals surface area contributed by atoms with E-state index >= 15 is 0 Å². The van der Waals surface area contributed by atoms with Gasteiger partial charge < -0.3 is 0 Å². The molecule has 2 atom stereocenters. The first-order valence-corrected chi connectivity index (χ1v) is 5.88. The molecule has 19 heavy (non-hydrogen) atoms. The molecule has 1 aromatic carbocycles. The third-order valence-electron chi connectivity index (χ3n) is 3.41. The van der Waals surface area contributed by atoms with Crippen LogP contribution in [-0.2, 0) is 4.79 Å². The molecule has 0 aromatic heterocycles. The molecule has 7 nitrogen and oxygen atoms in total. The quantitative estimate of drug-likeness (QED) is 0.614. The second kappa shape index (κ2) is 5.13. The smallest absolute Gasteiger partial charge is 0.269 e. The summed E-state index contributed by atoms with van der Waals surface area (Å²) in [7, 11) is 0. The predicted molar refractivity (Wildman–Crippen MR) is 65.5 cm³/mol. The Labute approximate surface area is 108 Å². The molecule has 1 aromatic rings. The number of Topliss-reactive ketones (excluding diaryl/α,β-unsaturated/α-hetero) is 1. The number of nitro groups is 2.